The number of aromatic hydroxyl groups is 1. The Morgan fingerprint density at radius 2 is 2.27 bits per heavy atom. The molecule has 2 atom stereocenters. The first-order valence-electron chi connectivity index (χ1n) is 9.13. The zero-order chi connectivity index (χ0) is 18.3. The Labute approximate surface area is 165 Å². The number of likely N-dealkylation sites (tertiary alicyclic amines) is 1. The van der Waals surface area contributed by atoms with Crippen molar-refractivity contribution >= 4 is 32.2 Å². The van der Waals surface area contributed by atoms with E-state index in [1.54, 1.807) is 15.9 Å². The first-order chi connectivity index (χ1) is 12.6. The molecule has 7 heteroatoms. The van der Waals surface area contributed by atoms with Gasteiger partial charge in [0.05, 0.1) is 10.9 Å². The molecule has 0 aliphatic carbocycles. The third kappa shape index (κ3) is 3.28. The molecule has 1 saturated heterocycles. The topological polar surface area (TPSA) is 53.7 Å². The SMILES string of the molecule is CCc1nc2sc([C@H](c3cccc(Br)c3)N3CCC[C@H](C)C3)c(O)n2n1. The Kier molecular flexibility index (Phi) is 5.03. The largest absolute Gasteiger partial charge is 0.492 e. The summed E-state index contributed by atoms with van der Waals surface area (Å²) in [5.74, 6) is 1.65. The van der Waals surface area contributed by atoms with E-state index in [4.69, 9.17) is 0 Å². The van der Waals surface area contributed by atoms with E-state index in [0.717, 1.165) is 39.6 Å². The minimum absolute atomic E-state index is 0.0221. The van der Waals surface area contributed by atoms with Crippen LogP contribution in [0.2, 0.25) is 0 Å². The van der Waals surface area contributed by atoms with Crippen LogP contribution in [0.5, 0.6) is 5.88 Å². The summed E-state index contributed by atoms with van der Waals surface area (Å²) >= 11 is 5.14. The molecule has 3 heterocycles. The highest BCUT2D eigenvalue weighted by molar-refractivity contribution is 9.10. The number of aryl methyl sites for hydroxylation is 1. The van der Waals surface area contributed by atoms with Crippen LogP contribution in [0, 0.1) is 5.92 Å². The first-order valence-corrected chi connectivity index (χ1v) is 10.7. The number of hydrogen-bond acceptors (Lipinski definition) is 5. The van der Waals surface area contributed by atoms with Crippen molar-refractivity contribution in [3.63, 3.8) is 0 Å². The standard InChI is InChI=1S/C19H23BrN4OS/c1-3-15-21-19-24(22-15)18(25)17(26-19)16(13-7-4-8-14(20)10-13)23-9-5-6-12(2)11-23/h4,7-8,10,12,16,25H,3,5-6,9,11H2,1-2H3/t12-,16-/m0/s1. The van der Waals surface area contributed by atoms with Crippen molar-refractivity contribution in [3.8, 4) is 5.88 Å². The Morgan fingerprint density at radius 1 is 1.42 bits per heavy atom. The van der Waals surface area contributed by atoms with E-state index in [9.17, 15) is 5.11 Å². The summed E-state index contributed by atoms with van der Waals surface area (Å²) in [4.78, 5) is 8.73. The van der Waals surface area contributed by atoms with Crippen molar-refractivity contribution in [1.29, 1.82) is 0 Å². The van der Waals surface area contributed by atoms with E-state index in [2.05, 4.69) is 56.0 Å². The average molecular weight is 435 g/mol. The average Bonchev–Trinajstić information content (AvgIpc) is 3.15. The summed E-state index contributed by atoms with van der Waals surface area (Å²) < 4.78 is 2.65. The van der Waals surface area contributed by atoms with Gasteiger partial charge in [-0.15, -0.1) is 5.10 Å². The number of fused-ring (bicyclic) bond motifs is 1. The number of rotatable bonds is 4. The van der Waals surface area contributed by atoms with Gasteiger partial charge >= 0.3 is 0 Å². The minimum atomic E-state index is 0.0221. The molecule has 3 aromatic rings. The zero-order valence-electron chi connectivity index (χ0n) is 15.0. The molecule has 0 amide bonds. The van der Waals surface area contributed by atoms with Crippen LogP contribution in [0.4, 0.5) is 0 Å². The van der Waals surface area contributed by atoms with Crippen LogP contribution in [-0.2, 0) is 6.42 Å². The fourth-order valence-electron chi connectivity index (χ4n) is 3.78. The number of piperidine rings is 1. The minimum Gasteiger partial charge on any atom is -0.492 e. The van der Waals surface area contributed by atoms with Gasteiger partial charge in [0.25, 0.3) is 0 Å². The number of benzene rings is 1. The molecule has 1 fully saturated rings. The van der Waals surface area contributed by atoms with Crippen LogP contribution >= 0.6 is 27.3 Å². The Morgan fingerprint density at radius 3 is 2.96 bits per heavy atom. The summed E-state index contributed by atoms with van der Waals surface area (Å²) in [7, 11) is 0. The van der Waals surface area contributed by atoms with Gasteiger partial charge in [-0.05, 0) is 43.0 Å². The highest BCUT2D eigenvalue weighted by atomic mass is 79.9. The molecule has 1 aliphatic rings. The van der Waals surface area contributed by atoms with E-state index in [1.165, 1.54) is 18.4 Å². The van der Waals surface area contributed by atoms with Gasteiger partial charge in [0.2, 0.25) is 10.8 Å². The summed E-state index contributed by atoms with van der Waals surface area (Å²) in [6, 6.07) is 8.41. The number of halogens is 1. The maximum absolute atomic E-state index is 10.9. The predicted octanol–water partition coefficient (Wildman–Crippen LogP) is 4.64. The zero-order valence-corrected chi connectivity index (χ0v) is 17.4. The second kappa shape index (κ2) is 7.29. The van der Waals surface area contributed by atoms with Gasteiger partial charge in [-0.1, -0.05) is 53.2 Å². The Bertz CT molecular complexity index is 922. The third-order valence-corrected chi connectivity index (χ3v) is 6.59. The molecule has 1 aromatic carbocycles. The molecular formula is C19H23BrN4OS. The van der Waals surface area contributed by atoms with Crippen LogP contribution < -0.4 is 0 Å². The third-order valence-electron chi connectivity index (χ3n) is 5.03. The normalized spacial score (nSPS) is 19.9. The van der Waals surface area contributed by atoms with E-state index < -0.39 is 0 Å². The van der Waals surface area contributed by atoms with Crippen LogP contribution in [0.3, 0.4) is 0 Å². The van der Waals surface area contributed by atoms with Gasteiger partial charge in [0.15, 0.2) is 5.82 Å². The number of hydrogen-bond donors (Lipinski definition) is 1. The Hall–Kier alpha value is -1.44. The lowest BCUT2D eigenvalue weighted by Crippen LogP contribution is -2.37. The molecule has 1 N–H and O–H groups in total. The molecule has 138 valence electrons. The Balaban J connectivity index is 1.82. The number of aromatic nitrogens is 3. The van der Waals surface area contributed by atoms with Crippen molar-refractivity contribution in [2.75, 3.05) is 13.1 Å². The lowest BCUT2D eigenvalue weighted by atomic mass is 9.95. The molecule has 5 nitrogen and oxygen atoms in total. The lowest BCUT2D eigenvalue weighted by molar-refractivity contribution is 0.149. The maximum Gasteiger partial charge on any atom is 0.230 e. The van der Waals surface area contributed by atoms with Crippen molar-refractivity contribution in [2.24, 2.45) is 5.92 Å². The summed E-state index contributed by atoms with van der Waals surface area (Å²) in [5.41, 5.74) is 1.18. The van der Waals surface area contributed by atoms with Crippen molar-refractivity contribution in [1.82, 2.24) is 19.5 Å². The van der Waals surface area contributed by atoms with Gasteiger partial charge in [-0.2, -0.15) is 4.52 Å². The fraction of sp³-hybridized carbons (Fsp3) is 0.474. The quantitative estimate of drug-likeness (QED) is 0.649. The van der Waals surface area contributed by atoms with E-state index in [1.807, 2.05) is 13.0 Å². The summed E-state index contributed by atoms with van der Waals surface area (Å²) in [5, 5.41) is 15.4. The molecule has 2 aromatic heterocycles. The van der Waals surface area contributed by atoms with E-state index in [-0.39, 0.29) is 11.9 Å². The molecule has 0 unspecified atom stereocenters. The molecule has 0 radical (unpaired) electrons. The van der Waals surface area contributed by atoms with Gasteiger partial charge < -0.3 is 5.11 Å². The molecule has 26 heavy (non-hydrogen) atoms. The van der Waals surface area contributed by atoms with Crippen LogP contribution in [0.1, 0.15) is 49.0 Å². The van der Waals surface area contributed by atoms with Crippen LogP contribution in [0.25, 0.3) is 4.96 Å². The summed E-state index contributed by atoms with van der Waals surface area (Å²) in [6.07, 6.45) is 3.22. The van der Waals surface area contributed by atoms with E-state index >= 15 is 0 Å². The van der Waals surface area contributed by atoms with Crippen molar-refractivity contribution < 1.29 is 5.11 Å². The van der Waals surface area contributed by atoms with E-state index in [0.29, 0.717) is 5.92 Å². The van der Waals surface area contributed by atoms with Gasteiger partial charge in [0.1, 0.15) is 0 Å². The van der Waals surface area contributed by atoms with Crippen LogP contribution in [0.15, 0.2) is 28.7 Å². The molecule has 1 aliphatic heterocycles. The van der Waals surface area contributed by atoms with Crippen LogP contribution in [-0.4, -0.2) is 37.7 Å². The lowest BCUT2D eigenvalue weighted by Gasteiger charge is -2.37. The number of nitrogens with zero attached hydrogens (tertiary/aromatic N) is 4. The van der Waals surface area contributed by atoms with Gasteiger partial charge in [0, 0.05) is 17.4 Å². The second-order valence-corrected chi connectivity index (χ2v) is 8.99. The summed E-state index contributed by atoms with van der Waals surface area (Å²) in [6.45, 7) is 6.40. The fourth-order valence-corrected chi connectivity index (χ4v) is 5.34. The van der Waals surface area contributed by atoms with Crippen molar-refractivity contribution in [3.05, 3.63) is 45.0 Å². The first kappa shape index (κ1) is 17.9. The van der Waals surface area contributed by atoms with Gasteiger partial charge in [-0.25, -0.2) is 4.98 Å². The molecular weight excluding hydrogens is 412 g/mol. The second-order valence-electron chi connectivity index (χ2n) is 7.07. The number of thiazole rings is 1. The highest BCUT2D eigenvalue weighted by Gasteiger charge is 2.31. The molecule has 0 bridgehead atoms. The highest BCUT2D eigenvalue weighted by Crippen LogP contribution is 2.41. The van der Waals surface area contributed by atoms with Crippen molar-refractivity contribution in [2.45, 2.75) is 39.2 Å². The monoisotopic (exact) mass is 434 g/mol. The van der Waals surface area contributed by atoms with Gasteiger partial charge in [-0.3, -0.25) is 4.90 Å². The molecule has 0 saturated carbocycles. The predicted molar refractivity (Wildman–Crippen MR) is 108 cm³/mol. The smallest absolute Gasteiger partial charge is 0.230 e. The molecule has 0 spiro atoms. The molecule has 4 rings (SSSR count). The maximum atomic E-state index is 10.9.